The molecule has 0 aliphatic rings. The van der Waals surface area contributed by atoms with E-state index in [4.69, 9.17) is 5.14 Å². The zero-order valence-electron chi connectivity index (χ0n) is 11.9. The molecule has 0 aliphatic heterocycles. The predicted molar refractivity (Wildman–Crippen MR) is 80.8 cm³/mol. The number of hydrogen-bond acceptors (Lipinski definition) is 3. The number of aryl methyl sites for hydroxylation is 1. The summed E-state index contributed by atoms with van der Waals surface area (Å²) in [4.78, 5) is 11.4. The molecule has 1 atom stereocenters. The SMILES string of the molecule is CC(=O)c1ccc2nn(CCC(C)(C)[S@](N)=O)cc2c1. The van der Waals surface area contributed by atoms with Crippen molar-refractivity contribution in [3.05, 3.63) is 30.0 Å². The molecule has 0 radical (unpaired) electrons. The van der Waals surface area contributed by atoms with Gasteiger partial charge in [-0.1, -0.05) is 0 Å². The molecule has 1 aromatic carbocycles. The summed E-state index contributed by atoms with van der Waals surface area (Å²) < 4.78 is 12.8. The highest BCUT2D eigenvalue weighted by molar-refractivity contribution is 7.84. The standard InChI is InChI=1S/C14H19N3O2S/c1-10(18)11-4-5-13-12(8-11)9-17(16-13)7-6-14(2,3)20(15)19/h4-5,8-9H,6-7,15H2,1-3H3/t20-/m1/s1. The van der Waals surface area contributed by atoms with Crippen molar-refractivity contribution in [1.82, 2.24) is 9.78 Å². The summed E-state index contributed by atoms with van der Waals surface area (Å²) in [6.07, 6.45) is 2.57. The van der Waals surface area contributed by atoms with Crippen molar-refractivity contribution in [3.63, 3.8) is 0 Å². The third kappa shape index (κ3) is 3.13. The van der Waals surface area contributed by atoms with E-state index in [9.17, 15) is 9.00 Å². The molecular weight excluding hydrogens is 274 g/mol. The van der Waals surface area contributed by atoms with E-state index in [2.05, 4.69) is 5.10 Å². The number of nitrogens with zero attached hydrogens (tertiary/aromatic N) is 2. The fourth-order valence-corrected chi connectivity index (χ4v) is 2.19. The summed E-state index contributed by atoms with van der Waals surface area (Å²) in [5.41, 5.74) is 1.53. The first-order chi connectivity index (χ1) is 9.29. The van der Waals surface area contributed by atoms with Gasteiger partial charge >= 0.3 is 0 Å². The molecule has 2 N–H and O–H groups in total. The number of rotatable bonds is 5. The Kier molecular flexibility index (Phi) is 4.06. The Bertz CT molecular complexity index is 676. The number of aromatic nitrogens is 2. The largest absolute Gasteiger partial charge is 0.295 e. The number of carbonyl (C=O) groups excluding carboxylic acids is 1. The van der Waals surface area contributed by atoms with Crippen LogP contribution in [0.2, 0.25) is 0 Å². The number of Topliss-reactive ketones (excluding diaryl/α,β-unsaturated/α-hetero) is 1. The molecule has 0 fully saturated rings. The van der Waals surface area contributed by atoms with E-state index in [1.807, 2.05) is 36.9 Å². The van der Waals surface area contributed by atoms with Gasteiger partial charge in [-0.25, -0.2) is 4.21 Å². The highest BCUT2D eigenvalue weighted by Gasteiger charge is 2.23. The fourth-order valence-electron chi connectivity index (χ4n) is 1.89. The zero-order valence-corrected chi connectivity index (χ0v) is 12.7. The average molecular weight is 293 g/mol. The van der Waals surface area contributed by atoms with E-state index in [0.717, 1.165) is 10.9 Å². The van der Waals surface area contributed by atoms with Crippen LogP contribution in [0.25, 0.3) is 10.9 Å². The van der Waals surface area contributed by atoms with Gasteiger partial charge in [0.25, 0.3) is 0 Å². The summed E-state index contributed by atoms with van der Waals surface area (Å²) in [6.45, 7) is 5.94. The Hall–Kier alpha value is -1.53. The quantitative estimate of drug-likeness (QED) is 0.857. The lowest BCUT2D eigenvalue weighted by atomic mass is 10.1. The number of hydrogen-bond donors (Lipinski definition) is 1. The number of benzene rings is 1. The number of carbonyl (C=O) groups is 1. The topological polar surface area (TPSA) is 78.0 Å². The smallest absolute Gasteiger partial charge is 0.159 e. The molecule has 6 heteroatoms. The van der Waals surface area contributed by atoms with Gasteiger partial charge in [-0.05, 0) is 45.4 Å². The normalized spacial score (nSPS) is 13.6. The molecule has 1 aromatic heterocycles. The van der Waals surface area contributed by atoms with Crippen molar-refractivity contribution in [2.24, 2.45) is 5.14 Å². The van der Waals surface area contributed by atoms with Crippen LogP contribution in [0.5, 0.6) is 0 Å². The second kappa shape index (κ2) is 5.46. The highest BCUT2D eigenvalue weighted by atomic mass is 32.2. The minimum Gasteiger partial charge on any atom is -0.295 e. The van der Waals surface area contributed by atoms with Gasteiger partial charge in [-0.3, -0.25) is 14.6 Å². The van der Waals surface area contributed by atoms with Crippen LogP contribution >= 0.6 is 0 Å². The lowest BCUT2D eigenvalue weighted by Gasteiger charge is -2.20. The molecule has 2 aromatic rings. The molecule has 0 bridgehead atoms. The maximum atomic E-state index is 11.4. The Morgan fingerprint density at radius 1 is 1.45 bits per heavy atom. The van der Waals surface area contributed by atoms with Gasteiger partial charge in [0, 0.05) is 23.7 Å². The van der Waals surface area contributed by atoms with Gasteiger partial charge in [0.05, 0.1) is 21.2 Å². The van der Waals surface area contributed by atoms with Crippen LogP contribution in [0.3, 0.4) is 0 Å². The molecule has 2 rings (SSSR count). The highest BCUT2D eigenvalue weighted by Crippen LogP contribution is 2.18. The molecule has 1 heterocycles. The van der Waals surface area contributed by atoms with Gasteiger partial charge < -0.3 is 0 Å². The first-order valence-electron chi connectivity index (χ1n) is 6.44. The van der Waals surface area contributed by atoms with E-state index in [-0.39, 0.29) is 5.78 Å². The van der Waals surface area contributed by atoms with Gasteiger partial charge in [-0.15, -0.1) is 0 Å². The lowest BCUT2D eigenvalue weighted by Crippen LogP contribution is -2.33. The maximum Gasteiger partial charge on any atom is 0.159 e. The van der Waals surface area contributed by atoms with Crippen LogP contribution in [0, 0.1) is 0 Å². The lowest BCUT2D eigenvalue weighted by molar-refractivity contribution is 0.101. The van der Waals surface area contributed by atoms with Crippen LogP contribution in [-0.2, 0) is 17.5 Å². The third-order valence-corrected chi connectivity index (χ3v) is 4.74. The Morgan fingerprint density at radius 3 is 2.75 bits per heavy atom. The summed E-state index contributed by atoms with van der Waals surface area (Å²) in [7, 11) is -1.36. The molecule has 20 heavy (non-hydrogen) atoms. The predicted octanol–water partition coefficient (Wildman–Crippen LogP) is 2.03. The van der Waals surface area contributed by atoms with E-state index in [1.165, 1.54) is 0 Å². The third-order valence-electron chi connectivity index (χ3n) is 3.45. The van der Waals surface area contributed by atoms with E-state index >= 15 is 0 Å². The number of ketones is 1. The van der Waals surface area contributed by atoms with E-state index in [0.29, 0.717) is 18.5 Å². The van der Waals surface area contributed by atoms with Crippen LogP contribution in [0.15, 0.2) is 24.4 Å². The zero-order chi connectivity index (χ0) is 14.9. The van der Waals surface area contributed by atoms with E-state index in [1.54, 1.807) is 13.0 Å². The fraction of sp³-hybridized carbons (Fsp3) is 0.429. The molecule has 108 valence electrons. The van der Waals surface area contributed by atoms with Gasteiger partial charge in [0.2, 0.25) is 0 Å². The van der Waals surface area contributed by atoms with Gasteiger partial charge in [-0.2, -0.15) is 5.10 Å². The monoisotopic (exact) mass is 293 g/mol. The van der Waals surface area contributed by atoms with Crippen LogP contribution < -0.4 is 5.14 Å². The summed E-state index contributed by atoms with van der Waals surface area (Å²) in [5.74, 6) is 0.0410. The minimum absolute atomic E-state index is 0.0410. The first-order valence-corrected chi connectivity index (χ1v) is 7.65. The maximum absolute atomic E-state index is 11.4. The summed E-state index contributed by atoms with van der Waals surface area (Å²) in [6, 6.07) is 5.46. The van der Waals surface area contributed by atoms with Gasteiger partial charge in [0.1, 0.15) is 0 Å². The van der Waals surface area contributed by atoms with Crippen molar-refractivity contribution >= 4 is 27.7 Å². The molecule has 0 unspecified atom stereocenters. The van der Waals surface area contributed by atoms with Crippen molar-refractivity contribution < 1.29 is 9.00 Å². The minimum atomic E-state index is -1.36. The van der Waals surface area contributed by atoms with Gasteiger partial charge in [0.15, 0.2) is 5.78 Å². The second-order valence-electron chi connectivity index (χ2n) is 5.53. The molecular formula is C14H19N3O2S. The number of fused-ring (bicyclic) bond motifs is 1. The van der Waals surface area contributed by atoms with Crippen LogP contribution in [-0.4, -0.2) is 24.5 Å². The van der Waals surface area contributed by atoms with E-state index < -0.39 is 15.7 Å². The molecule has 5 nitrogen and oxygen atoms in total. The molecule has 0 aliphatic carbocycles. The average Bonchev–Trinajstić information content (AvgIpc) is 2.77. The molecule has 0 saturated heterocycles. The summed E-state index contributed by atoms with van der Waals surface area (Å²) >= 11 is 0. The molecule has 0 amide bonds. The Morgan fingerprint density at radius 2 is 2.15 bits per heavy atom. The van der Waals surface area contributed by atoms with Crippen LogP contribution in [0.4, 0.5) is 0 Å². The summed E-state index contributed by atoms with van der Waals surface area (Å²) in [5, 5.41) is 10.8. The van der Waals surface area contributed by atoms with Crippen molar-refractivity contribution in [1.29, 1.82) is 0 Å². The Balaban J connectivity index is 2.20. The molecule has 0 saturated carbocycles. The van der Waals surface area contributed by atoms with Crippen molar-refractivity contribution in [3.8, 4) is 0 Å². The first kappa shape index (κ1) is 14.9. The second-order valence-corrected chi connectivity index (χ2v) is 7.23. The van der Waals surface area contributed by atoms with Crippen molar-refractivity contribution in [2.75, 3.05) is 0 Å². The Labute approximate surface area is 120 Å². The van der Waals surface area contributed by atoms with Crippen LogP contribution in [0.1, 0.15) is 37.6 Å². The molecule has 0 spiro atoms. The number of nitrogens with two attached hydrogens (primary N) is 1. The van der Waals surface area contributed by atoms with Crippen molar-refractivity contribution in [2.45, 2.75) is 38.5 Å².